The molecule has 5 heterocycles. The van der Waals surface area contributed by atoms with E-state index in [-0.39, 0.29) is 11.9 Å². The number of hydrogen-bond donors (Lipinski definition) is 1. The van der Waals surface area contributed by atoms with Crippen LogP contribution in [-0.4, -0.2) is 41.5 Å². The van der Waals surface area contributed by atoms with Crippen LogP contribution in [0.3, 0.4) is 0 Å². The third-order valence-corrected chi connectivity index (χ3v) is 6.47. The van der Waals surface area contributed by atoms with Crippen molar-refractivity contribution in [3.05, 3.63) is 53.7 Å². The second-order valence-electron chi connectivity index (χ2n) is 7.30. The van der Waals surface area contributed by atoms with E-state index in [4.69, 9.17) is 4.42 Å². The summed E-state index contributed by atoms with van der Waals surface area (Å²) in [5, 5.41) is 6.14. The standard InChI is InChI=1S/C21H21N3O2S/c25-20(23-17-13-24-10-7-14(17)8-11-24)19-6-5-18(26-19)15-1-3-16(4-2-15)21-22-9-12-27-21/h1-6,9,12,14,17H,7-8,10-11,13H2,(H,23,25)/t17-/m0/s1. The first kappa shape index (κ1) is 16.7. The van der Waals surface area contributed by atoms with Crippen LogP contribution < -0.4 is 5.32 Å². The number of carbonyl (C=O) groups excluding carboxylic acids is 1. The van der Waals surface area contributed by atoms with Crippen molar-refractivity contribution in [3.63, 3.8) is 0 Å². The summed E-state index contributed by atoms with van der Waals surface area (Å²) in [4.78, 5) is 19.4. The maximum absolute atomic E-state index is 12.6. The lowest BCUT2D eigenvalue weighted by molar-refractivity contribution is 0.0606. The van der Waals surface area contributed by atoms with Crippen molar-refractivity contribution in [3.8, 4) is 21.9 Å². The molecule has 5 nitrogen and oxygen atoms in total. The Balaban J connectivity index is 1.28. The summed E-state index contributed by atoms with van der Waals surface area (Å²) >= 11 is 1.62. The number of furan rings is 1. The van der Waals surface area contributed by atoms with Gasteiger partial charge < -0.3 is 14.6 Å². The van der Waals surface area contributed by atoms with Crippen LogP contribution in [0.15, 0.2) is 52.4 Å². The smallest absolute Gasteiger partial charge is 0.287 e. The molecule has 2 bridgehead atoms. The molecule has 1 amide bonds. The highest BCUT2D eigenvalue weighted by molar-refractivity contribution is 7.13. The minimum absolute atomic E-state index is 0.112. The second-order valence-corrected chi connectivity index (χ2v) is 8.19. The maximum Gasteiger partial charge on any atom is 0.287 e. The minimum Gasteiger partial charge on any atom is -0.451 e. The first-order valence-corrected chi connectivity index (χ1v) is 10.3. The first-order valence-electron chi connectivity index (χ1n) is 9.39. The number of aromatic nitrogens is 1. The Morgan fingerprint density at radius 2 is 1.89 bits per heavy atom. The monoisotopic (exact) mass is 379 g/mol. The highest BCUT2D eigenvalue weighted by atomic mass is 32.1. The zero-order valence-electron chi connectivity index (χ0n) is 14.9. The molecule has 1 aromatic carbocycles. The van der Waals surface area contributed by atoms with Crippen molar-refractivity contribution in [2.75, 3.05) is 19.6 Å². The molecule has 3 aliphatic heterocycles. The van der Waals surface area contributed by atoms with Crippen LogP contribution in [0.2, 0.25) is 0 Å². The first-order chi connectivity index (χ1) is 13.3. The van der Waals surface area contributed by atoms with E-state index in [1.54, 1.807) is 23.6 Å². The molecular formula is C21H21N3O2S. The highest BCUT2D eigenvalue weighted by Gasteiger charge is 2.35. The van der Waals surface area contributed by atoms with Gasteiger partial charge in [0.2, 0.25) is 0 Å². The summed E-state index contributed by atoms with van der Waals surface area (Å²) in [7, 11) is 0. The Kier molecular flexibility index (Phi) is 4.30. The molecule has 138 valence electrons. The van der Waals surface area contributed by atoms with Gasteiger partial charge in [0, 0.05) is 35.3 Å². The number of fused-ring (bicyclic) bond motifs is 3. The van der Waals surface area contributed by atoms with Gasteiger partial charge in [0.1, 0.15) is 10.8 Å². The Bertz CT molecular complexity index is 925. The molecule has 3 aliphatic rings. The lowest BCUT2D eigenvalue weighted by Gasteiger charge is -2.44. The van der Waals surface area contributed by atoms with E-state index in [1.165, 1.54) is 25.9 Å². The van der Waals surface area contributed by atoms with E-state index < -0.39 is 0 Å². The number of nitrogens with zero attached hydrogens (tertiary/aromatic N) is 2. The van der Waals surface area contributed by atoms with E-state index in [0.717, 1.165) is 22.7 Å². The molecule has 0 radical (unpaired) electrons. The Morgan fingerprint density at radius 1 is 1.11 bits per heavy atom. The average molecular weight is 379 g/mol. The van der Waals surface area contributed by atoms with Gasteiger partial charge in [-0.05, 0) is 44.0 Å². The quantitative estimate of drug-likeness (QED) is 0.747. The summed E-state index contributed by atoms with van der Waals surface area (Å²) in [5.41, 5.74) is 2.04. The summed E-state index contributed by atoms with van der Waals surface area (Å²) < 4.78 is 5.85. The lowest BCUT2D eigenvalue weighted by atomic mass is 9.84. The van der Waals surface area contributed by atoms with E-state index >= 15 is 0 Å². The fraction of sp³-hybridized carbons (Fsp3) is 0.333. The zero-order valence-corrected chi connectivity index (χ0v) is 15.7. The van der Waals surface area contributed by atoms with Crippen LogP contribution in [0.5, 0.6) is 0 Å². The Hall–Kier alpha value is -2.44. The number of carbonyl (C=O) groups is 1. The SMILES string of the molecule is O=C(N[C@H]1CN2CCC1CC2)c1ccc(-c2ccc(-c3nccs3)cc2)o1. The third-order valence-electron chi connectivity index (χ3n) is 5.65. The molecule has 0 spiro atoms. The van der Waals surface area contributed by atoms with Gasteiger partial charge in [0.25, 0.3) is 5.91 Å². The number of nitrogens with one attached hydrogen (secondary N) is 1. The van der Waals surface area contributed by atoms with Gasteiger partial charge in [0.05, 0.1) is 0 Å². The lowest BCUT2D eigenvalue weighted by Crippen LogP contribution is -2.57. The molecule has 0 aliphatic carbocycles. The number of piperidine rings is 3. The molecular weight excluding hydrogens is 358 g/mol. The molecule has 1 N–H and O–H groups in total. The number of thiazole rings is 1. The fourth-order valence-electron chi connectivity index (χ4n) is 4.13. The van der Waals surface area contributed by atoms with Gasteiger partial charge in [-0.3, -0.25) is 4.79 Å². The van der Waals surface area contributed by atoms with E-state index in [0.29, 0.717) is 17.4 Å². The number of rotatable bonds is 4. The highest BCUT2D eigenvalue weighted by Crippen LogP contribution is 2.29. The molecule has 3 aromatic rings. The molecule has 0 unspecified atom stereocenters. The van der Waals surface area contributed by atoms with E-state index in [9.17, 15) is 4.79 Å². The van der Waals surface area contributed by atoms with Crippen molar-refractivity contribution in [1.82, 2.24) is 15.2 Å². The minimum atomic E-state index is -0.112. The number of hydrogen-bond acceptors (Lipinski definition) is 5. The summed E-state index contributed by atoms with van der Waals surface area (Å²) in [5.74, 6) is 1.58. The van der Waals surface area contributed by atoms with Crippen LogP contribution in [0.25, 0.3) is 21.9 Å². The summed E-state index contributed by atoms with van der Waals surface area (Å²) in [6.45, 7) is 3.29. The fourth-order valence-corrected chi connectivity index (χ4v) is 4.77. The van der Waals surface area contributed by atoms with E-state index in [1.807, 2.05) is 35.7 Å². The molecule has 3 fully saturated rings. The topological polar surface area (TPSA) is 58.4 Å². The van der Waals surface area contributed by atoms with Gasteiger partial charge >= 0.3 is 0 Å². The second kappa shape index (κ2) is 6.94. The van der Waals surface area contributed by atoms with Crippen molar-refractivity contribution in [2.45, 2.75) is 18.9 Å². The van der Waals surface area contributed by atoms with Gasteiger partial charge in [-0.15, -0.1) is 11.3 Å². The average Bonchev–Trinajstić information content (AvgIpc) is 3.41. The molecule has 27 heavy (non-hydrogen) atoms. The van der Waals surface area contributed by atoms with Gasteiger partial charge in [-0.25, -0.2) is 4.98 Å². The molecule has 2 aromatic heterocycles. The van der Waals surface area contributed by atoms with E-state index in [2.05, 4.69) is 15.2 Å². The normalized spacial score (nSPS) is 24.1. The van der Waals surface area contributed by atoms with Gasteiger partial charge in [-0.2, -0.15) is 0 Å². The predicted molar refractivity (Wildman–Crippen MR) is 106 cm³/mol. The summed E-state index contributed by atoms with van der Waals surface area (Å²) in [6.07, 6.45) is 4.17. The van der Waals surface area contributed by atoms with Gasteiger partial charge in [-0.1, -0.05) is 24.3 Å². The molecule has 3 saturated heterocycles. The Labute approximate surface area is 162 Å². The zero-order chi connectivity index (χ0) is 18.2. The molecule has 6 heteroatoms. The maximum atomic E-state index is 12.6. The Morgan fingerprint density at radius 3 is 2.56 bits per heavy atom. The molecule has 0 saturated carbocycles. The number of benzene rings is 1. The van der Waals surface area contributed by atoms with Crippen molar-refractivity contribution in [2.24, 2.45) is 5.92 Å². The van der Waals surface area contributed by atoms with Crippen molar-refractivity contribution in [1.29, 1.82) is 0 Å². The van der Waals surface area contributed by atoms with Crippen LogP contribution >= 0.6 is 11.3 Å². The van der Waals surface area contributed by atoms with Crippen LogP contribution in [0.1, 0.15) is 23.4 Å². The van der Waals surface area contributed by atoms with Crippen LogP contribution in [0.4, 0.5) is 0 Å². The van der Waals surface area contributed by atoms with Crippen LogP contribution in [-0.2, 0) is 0 Å². The molecule has 6 rings (SSSR count). The molecule has 1 atom stereocenters. The van der Waals surface area contributed by atoms with Crippen molar-refractivity contribution >= 4 is 17.2 Å². The largest absolute Gasteiger partial charge is 0.451 e. The third kappa shape index (κ3) is 3.31. The summed E-state index contributed by atoms with van der Waals surface area (Å²) in [6, 6.07) is 11.9. The number of amides is 1. The predicted octanol–water partition coefficient (Wildman–Crippen LogP) is 3.89. The van der Waals surface area contributed by atoms with Gasteiger partial charge in [0.15, 0.2) is 5.76 Å². The van der Waals surface area contributed by atoms with Crippen molar-refractivity contribution < 1.29 is 9.21 Å². The van der Waals surface area contributed by atoms with Crippen LogP contribution in [0, 0.1) is 5.92 Å².